The highest BCUT2D eigenvalue weighted by molar-refractivity contribution is 5.71. The Morgan fingerprint density at radius 1 is 0.848 bits per heavy atom. The number of aromatic nitrogens is 2. The fourth-order valence-electron chi connectivity index (χ4n) is 4.26. The minimum atomic E-state index is 0. The van der Waals surface area contributed by atoms with E-state index in [9.17, 15) is 0 Å². The van der Waals surface area contributed by atoms with Crippen molar-refractivity contribution in [1.82, 2.24) is 4.57 Å². The van der Waals surface area contributed by atoms with Crippen molar-refractivity contribution >= 4 is 11.0 Å². The molecule has 0 atom stereocenters. The number of para-hydroxylation sites is 2. The third-order valence-electron chi connectivity index (χ3n) is 6.09. The Kier molecular flexibility index (Phi) is 12.6. The number of nitrogens with zero attached hydrogens (tertiary/aromatic N) is 2. The lowest BCUT2D eigenvalue weighted by Crippen LogP contribution is -3.00. The number of ether oxygens (including phenoxy) is 2. The van der Waals surface area contributed by atoms with Gasteiger partial charge in [0.05, 0.1) is 20.3 Å². The molecule has 0 saturated carbocycles. The van der Waals surface area contributed by atoms with Gasteiger partial charge in [0.25, 0.3) is 0 Å². The van der Waals surface area contributed by atoms with Gasteiger partial charge in [-0.15, -0.1) is 0 Å². The number of aryl methyl sites for hydroxylation is 3. The van der Waals surface area contributed by atoms with E-state index in [4.69, 9.17) is 9.47 Å². The van der Waals surface area contributed by atoms with Gasteiger partial charge < -0.3 is 26.5 Å². The minimum absolute atomic E-state index is 0. The summed E-state index contributed by atoms with van der Waals surface area (Å²) in [7, 11) is 2.08. The van der Waals surface area contributed by atoms with Crippen molar-refractivity contribution in [1.29, 1.82) is 0 Å². The number of benzene rings is 2. The highest BCUT2D eigenvalue weighted by Gasteiger charge is 2.11. The SMILES string of the molecule is CCCCCc1ccc(OCCOCCn2c[n+](C)c3ccccc32)c(CCCCC)c1.[Br-]. The summed E-state index contributed by atoms with van der Waals surface area (Å²) in [6.07, 6.45) is 12.0. The summed E-state index contributed by atoms with van der Waals surface area (Å²) < 4.78 is 16.4. The van der Waals surface area contributed by atoms with Crippen LogP contribution >= 0.6 is 0 Å². The van der Waals surface area contributed by atoms with Crippen LogP contribution in [0.15, 0.2) is 48.8 Å². The second kappa shape index (κ2) is 15.1. The van der Waals surface area contributed by atoms with Crippen LogP contribution in [0.2, 0.25) is 0 Å². The average Bonchev–Trinajstić information content (AvgIpc) is 3.13. The quantitative estimate of drug-likeness (QED) is 0.229. The smallest absolute Gasteiger partial charge is 0.244 e. The topological polar surface area (TPSA) is 27.3 Å². The summed E-state index contributed by atoms with van der Waals surface area (Å²) in [6, 6.07) is 15.3. The fourth-order valence-corrected chi connectivity index (χ4v) is 4.26. The van der Waals surface area contributed by atoms with Gasteiger partial charge in [0, 0.05) is 0 Å². The Morgan fingerprint density at radius 2 is 1.61 bits per heavy atom. The lowest BCUT2D eigenvalue weighted by Gasteiger charge is -2.14. The maximum Gasteiger partial charge on any atom is 0.244 e. The summed E-state index contributed by atoms with van der Waals surface area (Å²) in [5.41, 5.74) is 5.29. The van der Waals surface area contributed by atoms with Crippen molar-refractivity contribution in [2.75, 3.05) is 19.8 Å². The number of rotatable bonds is 15. The molecule has 0 radical (unpaired) electrons. The highest BCUT2D eigenvalue weighted by atomic mass is 79.9. The number of imidazole rings is 1. The molecule has 1 aromatic heterocycles. The molecule has 0 bridgehead atoms. The van der Waals surface area contributed by atoms with Crippen molar-refractivity contribution < 1.29 is 31.0 Å². The van der Waals surface area contributed by atoms with Crippen LogP contribution in [0.5, 0.6) is 5.75 Å². The Morgan fingerprint density at radius 3 is 2.39 bits per heavy atom. The van der Waals surface area contributed by atoms with Crippen LogP contribution in [0.3, 0.4) is 0 Å². The lowest BCUT2D eigenvalue weighted by atomic mass is 10.0. The normalized spacial score (nSPS) is 11.0. The first kappa shape index (κ1) is 27.4. The molecule has 0 unspecified atom stereocenters. The Balaban J connectivity index is 0.00000385. The molecule has 0 aliphatic rings. The van der Waals surface area contributed by atoms with Crippen LogP contribution in [0.1, 0.15) is 63.5 Å². The molecule has 0 spiro atoms. The summed E-state index contributed by atoms with van der Waals surface area (Å²) in [5, 5.41) is 0. The van der Waals surface area contributed by atoms with E-state index >= 15 is 0 Å². The maximum absolute atomic E-state index is 6.14. The molecule has 0 saturated heterocycles. The monoisotopic (exact) mass is 516 g/mol. The van der Waals surface area contributed by atoms with E-state index in [0.29, 0.717) is 19.8 Å². The van der Waals surface area contributed by atoms with Gasteiger partial charge >= 0.3 is 0 Å². The van der Waals surface area contributed by atoms with Gasteiger partial charge in [-0.3, -0.25) is 0 Å². The maximum atomic E-state index is 6.14. The van der Waals surface area contributed by atoms with Crippen LogP contribution in [0, 0.1) is 0 Å². The number of halogens is 1. The third kappa shape index (κ3) is 8.46. The minimum Gasteiger partial charge on any atom is -1.00 e. The zero-order valence-electron chi connectivity index (χ0n) is 20.7. The first-order valence-corrected chi connectivity index (χ1v) is 12.5. The zero-order valence-corrected chi connectivity index (χ0v) is 22.3. The third-order valence-corrected chi connectivity index (χ3v) is 6.09. The van der Waals surface area contributed by atoms with Gasteiger partial charge in [0.1, 0.15) is 18.9 Å². The average molecular weight is 518 g/mol. The molecular formula is C28H41BrN2O2. The molecule has 0 fully saturated rings. The van der Waals surface area contributed by atoms with Gasteiger partial charge in [0.15, 0.2) is 11.0 Å². The van der Waals surface area contributed by atoms with Crippen LogP contribution in [-0.4, -0.2) is 24.4 Å². The first-order chi connectivity index (χ1) is 15.7. The largest absolute Gasteiger partial charge is 1.00 e. The molecule has 0 amide bonds. The molecule has 1 heterocycles. The summed E-state index contributed by atoms with van der Waals surface area (Å²) >= 11 is 0. The van der Waals surface area contributed by atoms with Crippen molar-refractivity contribution in [3.63, 3.8) is 0 Å². The van der Waals surface area contributed by atoms with E-state index in [0.717, 1.165) is 18.7 Å². The number of unbranched alkanes of at least 4 members (excludes halogenated alkanes) is 4. The second-order valence-electron chi connectivity index (χ2n) is 8.73. The van der Waals surface area contributed by atoms with E-state index in [1.807, 2.05) is 0 Å². The molecular weight excluding hydrogens is 476 g/mol. The van der Waals surface area contributed by atoms with Crippen LogP contribution in [0.4, 0.5) is 0 Å². The van der Waals surface area contributed by atoms with Gasteiger partial charge in [-0.1, -0.05) is 63.8 Å². The van der Waals surface area contributed by atoms with Crippen LogP contribution in [0.25, 0.3) is 11.0 Å². The first-order valence-electron chi connectivity index (χ1n) is 12.5. The molecule has 3 rings (SSSR count). The molecule has 182 valence electrons. The fraction of sp³-hybridized carbons (Fsp3) is 0.536. The summed E-state index contributed by atoms with van der Waals surface area (Å²) in [5.74, 6) is 1.03. The van der Waals surface area contributed by atoms with E-state index < -0.39 is 0 Å². The molecule has 4 nitrogen and oxygen atoms in total. The van der Waals surface area contributed by atoms with Crippen molar-refractivity contribution in [3.8, 4) is 5.75 Å². The van der Waals surface area contributed by atoms with E-state index in [1.165, 1.54) is 67.1 Å². The van der Waals surface area contributed by atoms with Gasteiger partial charge in [-0.05, 0) is 55.0 Å². The molecule has 5 heteroatoms. The van der Waals surface area contributed by atoms with Crippen molar-refractivity contribution in [3.05, 3.63) is 59.9 Å². The number of hydrogen-bond donors (Lipinski definition) is 0. The highest BCUT2D eigenvalue weighted by Crippen LogP contribution is 2.24. The second-order valence-corrected chi connectivity index (χ2v) is 8.73. The predicted octanol–water partition coefficient (Wildman–Crippen LogP) is 3.03. The Hall–Kier alpha value is -1.85. The van der Waals surface area contributed by atoms with E-state index in [-0.39, 0.29) is 17.0 Å². The molecule has 3 aromatic rings. The Labute approximate surface area is 210 Å². The number of fused-ring (bicyclic) bond motifs is 1. The van der Waals surface area contributed by atoms with Crippen molar-refractivity contribution in [2.24, 2.45) is 7.05 Å². The predicted molar refractivity (Wildman–Crippen MR) is 132 cm³/mol. The molecule has 33 heavy (non-hydrogen) atoms. The number of hydrogen-bond acceptors (Lipinski definition) is 2. The van der Waals surface area contributed by atoms with Gasteiger partial charge in [0.2, 0.25) is 6.33 Å². The van der Waals surface area contributed by atoms with Crippen LogP contribution < -0.4 is 26.3 Å². The van der Waals surface area contributed by atoms with E-state index in [2.05, 4.69) is 78.8 Å². The molecule has 0 aliphatic heterocycles. The zero-order chi connectivity index (χ0) is 22.6. The summed E-state index contributed by atoms with van der Waals surface area (Å²) in [6.45, 7) is 7.24. The molecule has 0 N–H and O–H groups in total. The molecule has 0 aliphatic carbocycles. The van der Waals surface area contributed by atoms with Crippen molar-refractivity contribution in [2.45, 2.75) is 71.8 Å². The van der Waals surface area contributed by atoms with Gasteiger partial charge in [-0.2, -0.15) is 0 Å². The van der Waals surface area contributed by atoms with Crippen LogP contribution in [-0.2, 0) is 31.2 Å². The molecule has 2 aromatic carbocycles. The standard InChI is InChI=1S/C28H41N2O2.BrH/c1-4-6-8-12-24-16-17-28(25(22-24)13-9-7-5-2)32-21-20-31-19-18-30-23-29(3)26-14-10-11-15-27(26)30;/h10-11,14-17,22-23H,4-9,12-13,18-21H2,1-3H3;1H/q+1;/p-1. The van der Waals surface area contributed by atoms with Gasteiger partial charge in [-0.25, -0.2) is 9.13 Å². The summed E-state index contributed by atoms with van der Waals surface area (Å²) in [4.78, 5) is 0. The Bertz CT molecular complexity index is 954. The lowest BCUT2D eigenvalue weighted by molar-refractivity contribution is -0.645. The van der Waals surface area contributed by atoms with E-state index in [1.54, 1.807) is 0 Å².